The van der Waals surface area contributed by atoms with E-state index in [0.717, 1.165) is 0 Å². The Hall–Kier alpha value is -2.55. The maximum absolute atomic E-state index is 13.3. The summed E-state index contributed by atoms with van der Waals surface area (Å²) in [5.41, 5.74) is 6.73. The van der Waals surface area contributed by atoms with E-state index in [-0.39, 0.29) is 16.3 Å². The molecule has 8 nitrogen and oxygen atoms in total. The first-order valence-corrected chi connectivity index (χ1v) is 11.1. The number of carbonyl (C=O) groups excluding carboxylic acids is 1. The summed E-state index contributed by atoms with van der Waals surface area (Å²) in [6, 6.07) is 6.15. The number of rotatable bonds is 7. The number of nitrogen functional groups attached to an aromatic ring is 1. The highest BCUT2D eigenvalue weighted by Crippen LogP contribution is 2.29. The Morgan fingerprint density at radius 3 is 2.31 bits per heavy atom. The van der Waals surface area contributed by atoms with Crippen LogP contribution in [0.2, 0.25) is 0 Å². The number of sulfone groups is 1. The number of alkyl carbamates (subject to hydrolysis) is 1. The van der Waals surface area contributed by atoms with Crippen molar-refractivity contribution in [3.63, 3.8) is 0 Å². The number of ether oxygens (including phenoxy) is 1. The third-order valence-electron chi connectivity index (χ3n) is 4.20. The molecule has 9 heteroatoms. The Morgan fingerprint density at radius 1 is 1.17 bits per heavy atom. The summed E-state index contributed by atoms with van der Waals surface area (Å²) in [5.74, 6) is 0. The fourth-order valence-electron chi connectivity index (χ4n) is 2.95. The average Bonchev–Trinajstić information content (AvgIpc) is 2.99. The quantitative estimate of drug-likeness (QED) is 0.663. The van der Waals surface area contributed by atoms with E-state index in [1.54, 1.807) is 37.6 Å². The van der Waals surface area contributed by atoms with Gasteiger partial charge in [-0.15, -0.1) is 0 Å². The Labute approximate surface area is 172 Å². The van der Waals surface area contributed by atoms with Gasteiger partial charge >= 0.3 is 6.09 Å². The normalized spacial score (nSPS) is 12.0. The highest BCUT2D eigenvalue weighted by Gasteiger charge is 2.28. The van der Waals surface area contributed by atoms with Crippen LogP contribution in [0.1, 0.15) is 46.0 Å². The lowest BCUT2D eigenvalue weighted by Crippen LogP contribution is -2.34. The second-order valence-electron chi connectivity index (χ2n) is 7.65. The van der Waals surface area contributed by atoms with E-state index < -0.39 is 21.5 Å². The molecule has 160 valence electrons. The highest BCUT2D eigenvalue weighted by molar-refractivity contribution is 7.91. The summed E-state index contributed by atoms with van der Waals surface area (Å²) in [4.78, 5) is 12.3. The van der Waals surface area contributed by atoms with Gasteiger partial charge in [0.1, 0.15) is 10.5 Å². The zero-order valence-electron chi connectivity index (χ0n) is 17.7. The summed E-state index contributed by atoms with van der Waals surface area (Å²) in [7, 11) is -3.74. The van der Waals surface area contributed by atoms with Crippen molar-refractivity contribution in [3.05, 3.63) is 35.7 Å². The molecule has 1 amide bonds. The average molecular weight is 423 g/mol. The number of anilines is 1. The molecule has 0 saturated carbocycles. The van der Waals surface area contributed by atoms with E-state index in [2.05, 4.69) is 10.4 Å². The zero-order valence-corrected chi connectivity index (χ0v) is 18.5. The van der Waals surface area contributed by atoms with Crippen molar-refractivity contribution in [3.8, 4) is 0 Å². The second kappa shape index (κ2) is 8.86. The van der Waals surface area contributed by atoms with Crippen LogP contribution in [0, 0.1) is 0 Å². The number of amides is 1. The van der Waals surface area contributed by atoms with Crippen LogP contribution in [0.25, 0.3) is 0 Å². The minimum absolute atomic E-state index is 0.183. The Balaban J connectivity index is 2.30. The van der Waals surface area contributed by atoms with Crippen LogP contribution in [0.15, 0.2) is 34.1 Å². The first-order valence-electron chi connectivity index (χ1n) is 9.65. The largest absolute Gasteiger partial charge is 0.444 e. The summed E-state index contributed by atoms with van der Waals surface area (Å²) >= 11 is 0. The van der Waals surface area contributed by atoms with Crippen molar-refractivity contribution in [2.24, 2.45) is 0 Å². The van der Waals surface area contributed by atoms with Crippen molar-refractivity contribution in [1.82, 2.24) is 15.1 Å². The van der Waals surface area contributed by atoms with E-state index in [1.807, 2.05) is 13.8 Å². The lowest BCUT2D eigenvalue weighted by atomic mass is 10.2. The standard InChI is InChI=1S/C20H30N4O4S/c1-6-16-18(29(26,27)15-10-8-14(21)9-11-15)17(7-2)24(23-16)13-12-22-19(25)28-20(3,4)5/h8-11H,6-7,12-13,21H2,1-5H3,(H,22,25). The van der Waals surface area contributed by atoms with Crippen LogP contribution in [0.3, 0.4) is 0 Å². The maximum Gasteiger partial charge on any atom is 0.407 e. The second-order valence-corrected chi connectivity index (χ2v) is 9.54. The minimum atomic E-state index is -3.74. The summed E-state index contributed by atoms with van der Waals surface area (Å²) < 4.78 is 33.4. The van der Waals surface area contributed by atoms with E-state index in [1.165, 1.54) is 12.1 Å². The lowest BCUT2D eigenvalue weighted by Gasteiger charge is -2.19. The molecule has 2 rings (SSSR count). The summed E-state index contributed by atoms with van der Waals surface area (Å²) in [6.45, 7) is 9.73. The van der Waals surface area contributed by atoms with Gasteiger partial charge in [0.05, 0.1) is 22.8 Å². The van der Waals surface area contributed by atoms with Crippen LogP contribution in [0.4, 0.5) is 10.5 Å². The predicted octanol–water partition coefficient (Wildman–Crippen LogP) is 2.95. The van der Waals surface area contributed by atoms with Gasteiger partial charge in [-0.1, -0.05) is 13.8 Å². The fourth-order valence-corrected chi connectivity index (χ4v) is 4.73. The van der Waals surface area contributed by atoms with E-state index in [0.29, 0.717) is 36.5 Å². The Bertz CT molecular complexity index is 958. The van der Waals surface area contributed by atoms with Gasteiger partial charge in [0, 0.05) is 12.2 Å². The number of nitrogens with one attached hydrogen (secondary N) is 1. The molecule has 0 atom stereocenters. The van der Waals surface area contributed by atoms with Gasteiger partial charge in [0.25, 0.3) is 0 Å². The molecule has 29 heavy (non-hydrogen) atoms. The molecule has 0 saturated heterocycles. The number of benzene rings is 1. The molecule has 2 aromatic rings. The third-order valence-corrected chi connectivity index (χ3v) is 6.10. The van der Waals surface area contributed by atoms with E-state index >= 15 is 0 Å². The van der Waals surface area contributed by atoms with Crippen molar-refractivity contribution in [1.29, 1.82) is 0 Å². The molecule has 0 radical (unpaired) electrons. The van der Waals surface area contributed by atoms with Crippen LogP contribution in [-0.2, 0) is 34.0 Å². The SMILES string of the molecule is CCc1nn(CCNC(=O)OC(C)(C)C)c(CC)c1S(=O)(=O)c1ccc(N)cc1. The molecule has 0 fully saturated rings. The van der Waals surface area contributed by atoms with Gasteiger partial charge in [0.2, 0.25) is 9.84 Å². The lowest BCUT2D eigenvalue weighted by molar-refractivity contribution is 0.0525. The van der Waals surface area contributed by atoms with Crippen molar-refractivity contribution in [2.75, 3.05) is 12.3 Å². The Morgan fingerprint density at radius 2 is 1.79 bits per heavy atom. The van der Waals surface area contributed by atoms with Gasteiger partial charge in [-0.05, 0) is 57.9 Å². The van der Waals surface area contributed by atoms with Gasteiger partial charge in [-0.2, -0.15) is 5.10 Å². The molecule has 0 aliphatic rings. The van der Waals surface area contributed by atoms with Crippen molar-refractivity contribution < 1.29 is 17.9 Å². The van der Waals surface area contributed by atoms with Crippen molar-refractivity contribution >= 4 is 21.6 Å². The summed E-state index contributed by atoms with van der Waals surface area (Å²) in [6.07, 6.45) is 0.444. The molecule has 0 aliphatic carbocycles. The molecule has 0 unspecified atom stereocenters. The van der Waals surface area contributed by atoms with E-state index in [9.17, 15) is 13.2 Å². The Kier molecular flexibility index (Phi) is 6.94. The number of hydrogen-bond acceptors (Lipinski definition) is 6. The molecule has 0 spiro atoms. The molecule has 1 aromatic carbocycles. The van der Waals surface area contributed by atoms with Crippen LogP contribution in [0.5, 0.6) is 0 Å². The number of nitrogens with zero attached hydrogens (tertiary/aromatic N) is 2. The molecular formula is C20H30N4O4S. The molecular weight excluding hydrogens is 392 g/mol. The minimum Gasteiger partial charge on any atom is -0.444 e. The maximum atomic E-state index is 13.3. The highest BCUT2D eigenvalue weighted by atomic mass is 32.2. The van der Waals surface area contributed by atoms with Crippen LogP contribution < -0.4 is 11.1 Å². The van der Waals surface area contributed by atoms with Gasteiger partial charge < -0.3 is 15.8 Å². The first kappa shape index (κ1) is 22.7. The fraction of sp³-hybridized carbons (Fsp3) is 0.500. The van der Waals surface area contributed by atoms with E-state index in [4.69, 9.17) is 10.5 Å². The van der Waals surface area contributed by atoms with Crippen LogP contribution >= 0.6 is 0 Å². The molecule has 3 N–H and O–H groups in total. The predicted molar refractivity (Wildman–Crippen MR) is 112 cm³/mol. The van der Waals surface area contributed by atoms with Gasteiger partial charge in [-0.3, -0.25) is 4.68 Å². The first-order chi connectivity index (χ1) is 13.5. The number of hydrogen-bond donors (Lipinski definition) is 2. The zero-order chi connectivity index (χ0) is 21.8. The molecule has 1 aromatic heterocycles. The number of nitrogens with two attached hydrogens (primary N) is 1. The third kappa shape index (κ3) is 5.50. The summed E-state index contributed by atoms with van der Waals surface area (Å²) in [5, 5.41) is 7.18. The number of aromatic nitrogens is 2. The van der Waals surface area contributed by atoms with Gasteiger partial charge in [0.15, 0.2) is 0 Å². The monoisotopic (exact) mass is 422 g/mol. The van der Waals surface area contributed by atoms with Gasteiger partial charge in [-0.25, -0.2) is 13.2 Å². The topological polar surface area (TPSA) is 116 Å². The molecule has 1 heterocycles. The number of aryl methyl sites for hydroxylation is 1. The van der Waals surface area contributed by atoms with Crippen molar-refractivity contribution in [2.45, 2.75) is 69.4 Å². The number of carbonyl (C=O) groups is 1. The van der Waals surface area contributed by atoms with Crippen LogP contribution in [-0.4, -0.2) is 36.4 Å². The smallest absolute Gasteiger partial charge is 0.407 e. The molecule has 0 bridgehead atoms. The molecule has 0 aliphatic heterocycles.